The molecule has 14 heavy (non-hydrogen) atoms. The first kappa shape index (κ1) is 13.2. The fourth-order valence-corrected chi connectivity index (χ4v) is 0.961. The lowest BCUT2D eigenvalue weighted by molar-refractivity contribution is -0.174. The summed E-state index contributed by atoms with van der Waals surface area (Å²) in [5.41, 5.74) is 0. The Morgan fingerprint density at radius 3 is 2.21 bits per heavy atom. The summed E-state index contributed by atoms with van der Waals surface area (Å²) in [6.07, 6.45) is -4.73. The van der Waals surface area contributed by atoms with Crippen LogP contribution in [0.1, 0.15) is 20.3 Å². The Bertz CT molecular complexity index is 192. The molecule has 0 saturated heterocycles. The molecule has 0 aromatic rings. The van der Waals surface area contributed by atoms with Crippen LogP contribution in [0.2, 0.25) is 0 Å². The highest BCUT2D eigenvalue weighted by molar-refractivity contribution is 5.81. The largest absolute Gasteiger partial charge is 0.471 e. The van der Waals surface area contributed by atoms with Gasteiger partial charge in [-0.2, -0.15) is 13.2 Å². The van der Waals surface area contributed by atoms with Crippen molar-refractivity contribution in [1.29, 1.82) is 0 Å². The molecule has 1 unspecified atom stereocenters. The third kappa shape index (κ3) is 4.45. The van der Waals surface area contributed by atoms with Gasteiger partial charge in [0.1, 0.15) is 0 Å². The van der Waals surface area contributed by atoms with Gasteiger partial charge in [0.2, 0.25) is 0 Å². The van der Waals surface area contributed by atoms with Crippen LogP contribution in [-0.2, 0) is 4.79 Å². The van der Waals surface area contributed by atoms with Crippen LogP contribution in [0.4, 0.5) is 13.2 Å². The van der Waals surface area contributed by atoms with Crippen LogP contribution in [0.3, 0.4) is 0 Å². The SMILES string of the molecule is CC(C)C(CCO)NC(=O)C(F)(F)F. The van der Waals surface area contributed by atoms with Crippen LogP contribution >= 0.6 is 0 Å². The van der Waals surface area contributed by atoms with Gasteiger partial charge in [-0.1, -0.05) is 13.8 Å². The molecule has 0 aliphatic rings. The van der Waals surface area contributed by atoms with E-state index in [-0.39, 0.29) is 18.9 Å². The van der Waals surface area contributed by atoms with Crippen molar-refractivity contribution >= 4 is 5.91 Å². The molecule has 1 amide bonds. The summed E-state index contributed by atoms with van der Waals surface area (Å²) in [5, 5.41) is 10.4. The van der Waals surface area contributed by atoms with Gasteiger partial charge in [0, 0.05) is 12.6 Å². The molecular weight excluding hydrogens is 199 g/mol. The Kier molecular flexibility index (Phi) is 4.90. The minimum Gasteiger partial charge on any atom is -0.396 e. The topological polar surface area (TPSA) is 49.3 Å². The molecule has 0 radical (unpaired) electrons. The molecule has 1 atom stereocenters. The maximum absolute atomic E-state index is 11.8. The first-order valence-corrected chi connectivity index (χ1v) is 4.27. The van der Waals surface area contributed by atoms with Crippen molar-refractivity contribution in [3.8, 4) is 0 Å². The monoisotopic (exact) mass is 213 g/mol. The summed E-state index contributed by atoms with van der Waals surface area (Å²) in [4.78, 5) is 10.5. The van der Waals surface area contributed by atoms with Crippen molar-refractivity contribution in [2.24, 2.45) is 5.92 Å². The van der Waals surface area contributed by atoms with Gasteiger partial charge < -0.3 is 10.4 Å². The molecule has 0 spiro atoms. The molecule has 84 valence electrons. The van der Waals surface area contributed by atoms with Crippen molar-refractivity contribution in [1.82, 2.24) is 5.32 Å². The Labute approximate surface area is 80.3 Å². The summed E-state index contributed by atoms with van der Waals surface area (Å²) in [6.45, 7) is 3.11. The van der Waals surface area contributed by atoms with Gasteiger partial charge >= 0.3 is 12.1 Å². The van der Waals surface area contributed by atoms with E-state index in [1.54, 1.807) is 13.8 Å². The van der Waals surface area contributed by atoms with Crippen molar-refractivity contribution in [2.45, 2.75) is 32.5 Å². The molecule has 0 saturated carbocycles. The number of rotatable bonds is 4. The van der Waals surface area contributed by atoms with Gasteiger partial charge in [0.25, 0.3) is 0 Å². The molecule has 0 heterocycles. The van der Waals surface area contributed by atoms with Crippen LogP contribution in [0.15, 0.2) is 0 Å². The van der Waals surface area contributed by atoms with Crippen LogP contribution in [0.25, 0.3) is 0 Å². The highest BCUT2D eigenvalue weighted by atomic mass is 19.4. The van der Waals surface area contributed by atoms with Gasteiger partial charge in [-0.25, -0.2) is 0 Å². The summed E-state index contributed by atoms with van der Waals surface area (Å²) in [7, 11) is 0. The predicted molar refractivity (Wildman–Crippen MR) is 44.5 cm³/mol. The number of nitrogens with one attached hydrogen (secondary N) is 1. The molecule has 0 aromatic carbocycles. The zero-order chi connectivity index (χ0) is 11.4. The van der Waals surface area contributed by atoms with E-state index in [0.29, 0.717) is 0 Å². The minimum absolute atomic E-state index is 0.124. The summed E-state index contributed by atoms with van der Waals surface area (Å²) in [6, 6.07) is -0.644. The van der Waals surface area contributed by atoms with Gasteiger partial charge in [0.05, 0.1) is 0 Å². The Morgan fingerprint density at radius 1 is 1.43 bits per heavy atom. The van der Waals surface area contributed by atoms with Crippen molar-refractivity contribution in [3.05, 3.63) is 0 Å². The number of halogens is 3. The van der Waals surface area contributed by atoms with E-state index < -0.39 is 18.1 Å². The Balaban J connectivity index is 4.24. The predicted octanol–water partition coefficient (Wildman–Crippen LogP) is 1.07. The zero-order valence-corrected chi connectivity index (χ0v) is 8.06. The average molecular weight is 213 g/mol. The maximum Gasteiger partial charge on any atom is 0.471 e. The molecule has 3 nitrogen and oxygen atoms in total. The summed E-state index contributed by atoms with van der Waals surface area (Å²) >= 11 is 0. The molecule has 0 fully saturated rings. The first-order chi connectivity index (χ1) is 6.29. The third-order valence-corrected chi connectivity index (χ3v) is 1.82. The number of hydrogen-bond acceptors (Lipinski definition) is 2. The smallest absolute Gasteiger partial charge is 0.396 e. The zero-order valence-electron chi connectivity index (χ0n) is 8.06. The number of aliphatic hydroxyl groups excluding tert-OH is 1. The standard InChI is InChI=1S/C8H14F3NO2/c1-5(2)6(3-4-13)12-7(14)8(9,10)11/h5-6,13H,3-4H2,1-2H3,(H,12,14). The lowest BCUT2D eigenvalue weighted by atomic mass is 10.0. The maximum atomic E-state index is 11.8. The third-order valence-electron chi connectivity index (χ3n) is 1.82. The molecule has 0 bridgehead atoms. The highest BCUT2D eigenvalue weighted by Crippen LogP contribution is 2.16. The van der Waals surface area contributed by atoms with Gasteiger partial charge in [-0.15, -0.1) is 0 Å². The van der Waals surface area contributed by atoms with Crippen molar-refractivity contribution < 1.29 is 23.1 Å². The van der Waals surface area contributed by atoms with Crippen molar-refractivity contribution in [3.63, 3.8) is 0 Å². The van der Waals surface area contributed by atoms with E-state index in [9.17, 15) is 18.0 Å². The van der Waals surface area contributed by atoms with E-state index in [0.717, 1.165) is 0 Å². The number of alkyl halides is 3. The average Bonchev–Trinajstić information content (AvgIpc) is 2.01. The van der Waals surface area contributed by atoms with E-state index in [1.807, 2.05) is 5.32 Å². The number of amides is 1. The van der Waals surface area contributed by atoms with Crippen LogP contribution in [-0.4, -0.2) is 29.8 Å². The van der Waals surface area contributed by atoms with Gasteiger partial charge in [0.15, 0.2) is 0 Å². The van der Waals surface area contributed by atoms with Crippen LogP contribution in [0.5, 0.6) is 0 Å². The van der Waals surface area contributed by atoms with E-state index in [2.05, 4.69) is 0 Å². The second-order valence-electron chi connectivity index (χ2n) is 3.33. The summed E-state index contributed by atoms with van der Waals surface area (Å²) in [5.74, 6) is -2.10. The minimum atomic E-state index is -4.86. The second kappa shape index (κ2) is 5.19. The number of carbonyl (C=O) groups excluding carboxylic acids is 1. The second-order valence-corrected chi connectivity index (χ2v) is 3.33. The van der Waals surface area contributed by atoms with E-state index in [4.69, 9.17) is 5.11 Å². The van der Waals surface area contributed by atoms with Crippen molar-refractivity contribution in [2.75, 3.05) is 6.61 Å². The quantitative estimate of drug-likeness (QED) is 0.734. The molecular formula is C8H14F3NO2. The van der Waals surface area contributed by atoms with E-state index in [1.165, 1.54) is 0 Å². The fraction of sp³-hybridized carbons (Fsp3) is 0.875. The Morgan fingerprint density at radius 2 is 1.93 bits per heavy atom. The lowest BCUT2D eigenvalue weighted by Gasteiger charge is -2.21. The first-order valence-electron chi connectivity index (χ1n) is 4.27. The number of hydrogen-bond donors (Lipinski definition) is 2. The van der Waals surface area contributed by atoms with E-state index >= 15 is 0 Å². The normalized spacial score (nSPS) is 14.2. The molecule has 0 aromatic heterocycles. The highest BCUT2D eigenvalue weighted by Gasteiger charge is 2.39. The molecule has 2 N–H and O–H groups in total. The van der Waals surface area contributed by atoms with Crippen LogP contribution in [0, 0.1) is 5.92 Å². The molecule has 0 aliphatic carbocycles. The van der Waals surface area contributed by atoms with Crippen LogP contribution < -0.4 is 5.32 Å². The molecule has 0 aliphatic heterocycles. The molecule has 0 rings (SSSR count). The Hall–Kier alpha value is -0.780. The summed E-state index contributed by atoms with van der Waals surface area (Å²) < 4.78 is 35.5. The molecule has 6 heteroatoms. The fourth-order valence-electron chi connectivity index (χ4n) is 0.961. The number of carbonyl (C=O) groups is 1. The number of aliphatic hydroxyl groups is 1. The lowest BCUT2D eigenvalue weighted by Crippen LogP contribution is -2.45. The van der Waals surface area contributed by atoms with Gasteiger partial charge in [-0.3, -0.25) is 4.79 Å². The van der Waals surface area contributed by atoms with Gasteiger partial charge in [-0.05, 0) is 12.3 Å².